The van der Waals surface area contributed by atoms with Gasteiger partial charge in [-0.15, -0.1) is 0 Å². The molecule has 1 aromatic carbocycles. The molecule has 0 amide bonds. The summed E-state index contributed by atoms with van der Waals surface area (Å²) in [7, 11) is -3.80. The van der Waals surface area contributed by atoms with Crippen LogP contribution in [0.3, 0.4) is 0 Å². The number of rotatable bonds is 5. The lowest BCUT2D eigenvalue weighted by atomic mass is 10.2. The van der Waals surface area contributed by atoms with Crippen LogP contribution in [-0.4, -0.2) is 60.4 Å². The third-order valence-electron chi connectivity index (χ3n) is 4.07. The Kier molecular flexibility index (Phi) is 6.32. The van der Waals surface area contributed by atoms with Crippen molar-refractivity contribution >= 4 is 33.0 Å². The Morgan fingerprint density at radius 3 is 2.50 bits per heavy atom. The summed E-state index contributed by atoms with van der Waals surface area (Å²) < 4.78 is 27.1. The van der Waals surface area contributed by atoms with E-state index in [4.69, 9.17) is 12.2 Å². The van der Waals surface area contributed by atoms with E-state index in [1.54, 1.807) is 6.92 Å². The minimum Gasteiger partial charge on any atom is -0.359 e. The maximum absolute atomic E-state index is 12.9. The monoisotopic (exact) mass is 398 g/mol. The van der Waals surface area contributed by atoms with Gasteiger partial charge in [0.15, 0.2) is 5.11 Å². The van der Waals surface area contributed by atoms with E-state index < -0.39 is 14.9 Å². The third kappa shape index (κ3) is 4.57. The Bertz CT molecular complexity index is 831. The molecule has 1 aliphatic rings. The first-order valence-corrected chi connectivity index (χ1v) is 9.90. The van der Waals surface area contributed by atoms with E-state index in [1.165, 1.54) is 16.4 Å². The maximum atomic E-state index is 12.9. The third-order valence-corrected chi connectivity index (χ3v) is 6.51. The molecule has 0 radical (unpaired) electrons. The number of benzene rings is 1. The number of thiocarbonyl (C=S) groups is 1. The van der Waals surface area contributed by atoms with Crippen molar-refractivity contribution < 1.29 is 13.3 Å². The first kappa shape index (κ1) is 20.3. The molecule has 0 aromatic heterocycles. The van der Waals surface area contributed by atoms with Gasteiger partial charge in [0.1, 0.15) is 0 Å². The number of hydrogen-bond acceptors (Lipinski definition) is 5. The Morgan fingerprint density at radius 1 is 1.35 bits per heavy atom. The van der Waals surface area contributed by atoms with Crippen molar-refractivity contribution in [2.75, 3.05) is 32.7 Å². The van der Waals surface area contributed by atoms with Gasteiger partial charge < -0.3 is 10.2 Å². The van der Waals surface area contributed by atoms with Gasteiger partial charge in [-0.25, -0.2) is 8.42 Å². The van der Waals surface area contributed by atoms with E-state index in [9.17, 15) is 18.5 Å². The van der Waals surface area contributed by atoms with E-state index in [0.717, 1.165) is 11.6 Å². The molecule has 0 atom stereocenters. The van der Waals surface area contributed by atoms with Gasteiger partial charge in [-0.05, 0) is 31.6 Å². The molecule has 0 unspecified atom stereocenters. The van der Waals surface area contributed by atoms with Crippen molar-refractivity contribution in [2.45, 2.75) is 18.7 Å². The van der Waals surface area contributed by atoms with Gasteiger partial charge in [0, 0.05) is 44.9 Å². The summed E-state index contributed by atoms with van der Waals surface area (Å²) in [4.78, 5) is 12.2. The SMILES string of the molecule is C=C(C)CNC(=S)N1CCN(S(=O)(=O)c2cc([N+](=O)[O-])ccc2C)CC1. The van der Waals surface area contributed by atoms with Crippen LogP contribution in [0.1, 0.15) is 12.5 Å². The summed E-state index contributed by atoms with van der Waals surface area (Å²) in [6.07, 6.45) is 0. The van der Waals surface area contributed by atoms with Gasteiger partial charge in [0.25, 0.3) is 5.69 Å². The molecule has 1 saturated heterocycles. The van der Waals surface area contributed by atoms with Crippen molar-refractivity contribution in [1.82, 2.24) is 14.5 Å². The van der Waals surface area contributed by atoms with Gasteiger partial charge >= 0.3 is 0 Å². The fourth-order valence-corrected chi connectivity index (χ4v) is 4.51. The van der Waals surface area contributed by atoms with Crippen molar-refractivity contribution in [3.63, 3.8) is 0 Å². The zero-order valence-electron chi connectivity index (χ0n) is 14.8. The first-order chi connectivity index (χ1) is 12.1. The number of hydrogen-bond donors (Lipinski definition) is 1. The van der Waals surface area contributed by atoms with E-state index in [0.29, 0.717) is 30.3 Å². The Morgan fingerprint density at radius 2 is 1.96 bits per heavy atom. The van der Waals surface area contributed by atoms with Crippen molar-refractivity contribution in [1.29, 1.82) is 0 Å². The molecule has 1 aliphatic heterocycles. The van der Waals surface area contributed by atoms with Gasteiger partial charge in [-0.2, -0.15) is 4.31 Å². The molecule has 0 saturated carbocycles. The molecule has 1 heterocycles. The molecular weight excluding hydrogens is 376 g/mol. The fraction of sp³-hybridized carbons (Fsp3) is 0.438. The zero-order chi connectivity index (χ0) is 19.5. The summed E-state index contributed by atoms with van der Waals surface area (Å²) >= 11 is 5.32. The Balaban J connectivity index is 2.11. The van der Waals surface area contributed by atoms with Crippen LogP contribution in [0, 0.1) is 17.0 Å². The molecule has 0 aliphatic carbocycles. The average Bonchev–Trinajstić information content (AvgIpc) is 2.59. The van der Waals surface area contributed by atoms with E-state index in [1.807, 2.05) is 11.8 Å². The van der Waals surface area contributed by atoms with Crippen LogP contribution < -0.4 is 5.32 Å². The van der Waals surface area contributed by atoms with Gasteiger partial charge in [0.2, 0.25) is 10.0 Å². The van der Waals surface area contributed by atoms with Crippen molar-refractivity contribution in [3.8, 4) is 0 Å². The Labute approximate surface area is 158 Å². The number of sulfonamides is 1. The summed E-state index contributed by atoms with van der Waals surface area (Å²) in [5.74, 6) is 0. The second-order valence-electron chi connectivity index (χ2n) is 6.21. The molecule has 0 spiro atoms. The lowest BCUT2D eigenvalue weighted by Crippen LogP contribution is -2.53. The number of nitrogens with zero attached hydrogens (tertiary/aromatic N) is 3. The summed E-state index contributed by atoms with van der Waals surface area (Å²) in [5, 5.41) is 14.6. The topological polar surface area (TPSA) is 95.8 Å². The highest BCUT2D eigenvalue weighted by atomic mass is 32.2. The molecule has 1 aromatic rings. The van der Waals surface area contributed by atoms with Gasteiger partial charge in [-0.1, -0.05) is 18.2 Å². The quantitative estimate of drug-likeness (QED) is 0.349. The van der Waals surface area contributed by atoms with Crippen molar-refractivity contribution in [2.24, 2.45) is 0 Å². The van der Waals surface area contributed by atoms with E-state index in [2.05, 4.69) is 11.9 Å². The molecule has 1 N–H and O–H groups in total. The zero-order valence-corrected chi connectivity index (χ0v) is 16.4. The maximum Gasteiger partial charge on any atom is 0.270 e. The predicted octanol–water partition coefficient (Wildman–Crippen LogP) is 1.66. The number of nitro groups is 1. The molecule has 1 fully saturated rings. The van der Waals surface area contributed by atoms with Crippen LogP contribution in [0.2, 0.25) is 0 Å². The van der Waals surface area contributed by atoms with E-state index >= 15 is 0 Å². The number of piperazine rings is 1. The van der Waals surface area contributed by atoms with Crippen LogP contribution in [0.15, 0.2) is 35.2 Å². The first-order valence-electron chi connectivity index (χ1n) is 8.05. The smallest absolute Gasteiger partial charge is 0.270 e. The second-order valence-corrected chi connectivity index (χ2v) is 8.51. The van der Waals surface area contributed by atoms with Crippen molar-refractivity contribution in [3.05, 3.63) is 46.0 Å². The van der Waals surface area contributed by atoms with Crippen LogP contribution in [0.25, 0.3) is 0 Å². The van der Waals surface area contributed by atoms with Crippen LogP contribution in [-0.2, 0) is 10.0 Å². The molecule has 0 bridgehead atoms. The summed E-state index contributed by atoms with van der Waals surface area (Å²) in [6.45, 7) is 9.33. The molecule has 8 nitrogen and oxygen atoms in total. The summed E-state index contributed by atoms with van der Waals surface area (Å²) in [6, 6.07) is 3.88. The highest BCUT2D eigenvalue weighted by Crippen LogP contribution is 2.25. The number of non-ortho nitro benzene ring substituents is 1. The fourth-order valence-electron chi connectivity index (χ4n) is 2.59. The lowest BCUT2D eigenvalue weighted by Gasteiger charge is -2.35. The lowest BCUT2D eigenvalue weighted by molar-refractivity contribution is -0.385. The molecular formula is C16H22N4O4S2. The highest BCUT2D eigenvalue weighted by Gasteiger charge is 2.31. The van der Waals surface area contributed by atoms with Crippen LogP contribution in [0.4, 0.5) is 5.69 Å². The minimum atomic E-state index is -3.80. The predicted molar refractivity (Wildman–Crippen MR) is 104 cm³/mol. The second kappa shape index (κ2) is 8.11. The number of nitro benzene ring substituents is 1. The van der Waals surface area contributed by atoms with Crippen LogP contribution in [0.5, 0.6) is 0 Å². The standard InChI is InChI=1S/C16H22N4O4S2/c1-12(2)11-17-16(25)18-6-8-19(9-7-18)26(23,24)15-10-14(20(21)22)5-4-13(15)3/h4-5,10H,1,6-9,11H2,2-3H3,(H,17,25). The normalized spacial score (nSPS) is 15.5. The minimum absolute atomic E-state index is 0.0249. The van der Waals surface area contributed by atoms with Gasteiger partial charge in [-0.3, -0.25) is 10.1 Å². The largest absolute Gasteiger partial charge is 0.359 e. The van der Waals surface area contributed by atoms with E-state index in [-0.39, 0.29) is 23.7 Å². The Hall–Kier alpha value is -2.04. The molecule has 142 valence electrons. The highest BCUT2D eigenvalue weighted by molar-refractivity contribution is 7.89. The summed E-state index contributed by atoms with van der Waals surface area (Å²) in [5.41, 5.74) is 1.20. The van der Waals surface area contributed by atoms with Gasteiger partial charge in [0.05, 0.1) is 9.82 Å². The number of nitrogens with one attached hydrogen (secondary N) is 1. The molecule has 2 rings (SSSR count). The number of aryl methyl sites for hydroxylation is 1. The average molecular weight is 399 g/mol. The van der Waals surface area contributed by atoms with Crippen LogP contribution >= 0.6 is 12.2 Å². The molecule has 10 heteroatoms. The molecule has 26 heavy (non-hydrogen) atoms.